The minimum absolute atomic E-state index is 0. The van der Waals surface area contributed by atoms with Gasteiger partial charge in [0.2, 0.25) is 5.91 Å². The maximum absolute atomic E-state index is 11.9. The number of ether oxygens (including phenoxy) is 2. The predicted molar refractivity (Wildman–Crippen MR) is 110 cm³/mol. The third-order valence-corrected chi connectivity index (χ3v) is 5.56. The highest BCUT2D eigenvalue weighted by molar-refractivity contribution is 7.17. The van der Waals surface area contributed by atoms with Crippen molar-refractivity contribution in [1.29, 1.82) is 5.41 Å². The molecule has 0 radical (unpaired) electrons. The van der Waals surface area contributed by atoms with E-state index in [4.69, 9.17) is 15.9 Å². The van der Waals surface area contributed by atoms with Crippen molar-refractivity contribution in [3.05, 3.63) is 41.3 Å². The minimum Gasteiger partial charge on any atom is -0.491 e. The number of thiophene rings is 1. The quantitative estimate of drug-likeness (QED) is 0.359. The van der Waals surface area contributed by atoms with Crippen molar-refractivity contribution in [3.8, 4) is 16.2 Å². The molecule has 4 N–H and O–H groups in total. The number of rotatable bonds is 7. The van der Waals surface area contributed by atoms with Crippen molar-refractivity contribution in [2.45, 2.75) is 18.9 Å². The van der Waals surface area contributed by atoms with Gasteiger partial charge in [-0.3, -0.25) is 15.0 Å². The fourth-order valence-corrected chi connectivity index (χ4v) is 3.82. The highest BCUT2D eigenvalue weighted by Gasteiger charge is 2.34. The second-order valence-corrected chi connectivity index (χ2v) is 7.42. The number of esters is 1. The van der Waals surface area contributed by atoms with Gasteiger partial charge in [0.1, 0.15) is 18.2 Å². The molecule has 150 valence electrons. The Labute approximate surface area is 173 Å². The molecule has 0 aliphatic carbocycles. The van der Waals surface area contributed by atoms with Gasteiger partial charge in [-0.2, -0.15) is 0 Å². The molecule has 9 heteroatoms. The fourth-order valence-electron chi connectivity index (χ4n) is 2.95. The molecule has 2 aromatic rings. The molecular formula is C19H22ClN3O4S. The maximum atomic E-state index is 11.9. The number of benzene rings is 1. The highest BCUT2D eigenvalue weighted by atomic mass is 35.5. The zero-order chi connectivity index (χ0) is 19.4. The predicted octanol–water partition coefficient (Wildman–Crippen LogP) is 2.57. The van der Waals surface area contributed by atoms with Crippen molar-refractivity contribution in [2.75, 3.05) is 13.7 Å². The van der Waals surface area contributed by atoms with E-state index in [1.54, 1.807) is 0 Å². The van der Waals surface area contributed by atoms with Crippen LogP contribution in [0.2, 0.25) is 0 Å². The van der Waals surface area contributed by atoms with Gasteiger partial charge in [-0.1, -0.05) is 0 Å². The molecule has 2 atom stereocenters. The second kappa shape index (κ2) is 9.57. The third kappa shape index (κ3) is 5.24. The van der Waals surface area contributed by atoms with Gasteiger partial charge in [0.25, 0.3) is 0 Å². The number of hydrogen-bond donors (Lipinski definition) is 3. The van der Waals surface area contributed by atoms with Crippen molar-refractivity contribution in [3.63, 3.8) is 0 Å². The number of carbonyl (C=O) groups excluding carboxylic acids is 2. The van der Waals surface area contributed by atoms with E-state index in [2.05, 4.69) is 10.1 Å². The summed E-state index contributed by atoms with van der Waals surface area (Å²) in [6.07, 6.45) is 0.644. The highest BCUT2D eigenvalue weighted by Crippen LogP contribution is 2.29. The molecule has 1 fully saturated rings. The van der Waals surface area contributed by atoms with Crippen LogP contribution in [-0.2, 0) is 14.3 Å². The number of amides is 1. The Morgan fingerprint density at radius 2 is 2.00 bits per heavy atom. The molecule has 1 aliphatic rings. The van der Waals surface area contributed by atoms with E-state index >= 15 is 0 Å². The van der Waals surface area contributed by atoms with Crippen molar-refractivity contribution in [2.24, 2.45) is 11.7 Å². The Morgan fingerprint density at radius 1 is 1.29 bits per heavy atom. The molecule has 3 rings (SSSR count). The number of amidine groups is 1. The summed E-state index contributed by atoms with van der Waals surface area (Å²) in [6, 6.07) is 11.3. The summed E-state index contributed by atoms with van der Waals surface area (Å²) in [7, 11) is 1.32. The summed E-state index contributed by atoms with van der Waals surface area (Å²) in [5, 5.41) is 10.3. The lowest BCUT2D eigenvalue weighted by molar-refractivity contribution is -0.143. The number of hydrogen-bond acceptors (Lipinski definition) is 6. The molecular weight excluding hydrogens is 402 g/mol. The Kier molecular flexibility index (Phi) is 7.42. The van der Waals surface area contributed by atoms with Crippen LogP contribution in [0.1, 0.15) is 17.7 Å². The van der Waals surface area contributed by atoms with E-state index in [1.165, 1.54) is 18.4 Å². The van der Waals surface area contributed by atoms with Crippen LogP contribution in [0.4, 0.5) is 0 Å². The Hall–Kier alpha value is -2.58. The van der Waals surface area contributed by atoms with Crippen LogP contribution >= 0.6 is 23.7 Å². The number of nitrogen functional groups attached to an aromatic ring is 1. The molecule has 28 heavy (non-hydrogen) atoms. The van der Waals surface area contributed by atoms with Crippen LogP contribution in [0.15, 0.2) is 36.4 Å². The van der Waals surface area contributed by atoms with Crippen LogP contribution in [0, 0.1) is 11.3 Å². The Balaban J connectivity index is 0.00000280. The average molecular weight is 424 g/mol. The normalized spacial score (nSPS) is 18.1. The molecule has 7 nitrogen and oxygen atoms in total. The van der Waals surface area contributed by atoms with Crippen molar-refractivity contribution in [1.82, 2.24) is 5.32 Å². The lowest BCUT2D eigenvalue weighted by Crippen LogP contribution is -2.31. The second-order valence-electron chi connectivity index (χ2n) is 6.33. The monoisotopic (exact) mass is 423 g/mol. The van der Waals surface area contributed by atoms with Crippen LogP contribution in [0.25, 0.3) is 10.4 Å². The van der Waals surface area contributed by atoms with Crippen molar-refractivity contribution >= 4 is 41.5 Å². The molecule has 0 unspecified atom stereocenters. The molecule has 1 amide bonds. The molecule has 1 aromatic heterocycles. The van der Waals surface area contributed by atoms with Gasteiger partial charge in [0.05, 0.1) is 30.4 Å². The molecule has 1 aliphatic heterocycles. The van der Waals surface area contributed by atoms with Gasteiger partial charge < -0.3 is 20.5 Å². The van der Waals surface area contributed by atoms with E-state index in [0.717, 1.165) is 15.3 Å². The van der Waals surface area contributed by atoms with E-state index in [1.807, 2.05) is 36.4 Å². The Bertz CT molecular complexity index is 853. The molecule has 1 saturated heterocycles. The van der Waals surface area contributed by atoms with Crippen LogP contribution < -0.4 is 15.8 Å². The lowest BCUT2D eigenvalue weighted by atomic mass is 10.0. The van der Waals surface area contributed by atoms with Gasteiger partial charge in [-0.15, -0.1) is 23.7 Å². The molecule has 1 aromatic carbocycles. The summed E-state index contributed by atoms with van der Waals surface area (Å²) in [4.78, 5) is 25.0. The number of carbonyl (C=O) groups is 2. The third-order valence-electron chi connectivity index (χ3n) is 4.39. The van der Waals surface area contributed by atoms with E-state index < -0.39 is 0 Å². The molecule has 0 saturated carbocycles. The molecule has 2 heterocycles. The van der Waals surface area contributed by atoms with E-state index in [9.17, 15) is 9.59 Å². The lowest BCUT2D eigenvalue weighted by Gasteiger charge is -2.12. The van der Waals surface area contributed by atoms with Crippen LogP contribution in [0.5, 0.6) is 5.75 Å². The first-order valence-electron chi connectivity index (χ1n) is 8.51. The van der Waals surface area contributed by atoms with Gasteiger partial charge in [0.15, 0.2) is 0 Å². The Morgan fingerprint density at radius 3 is 2.61 bits per heavy atom. The zero-order valence-electron chi connectivity index (χ0n) is 15.3. The van der Waals surface area contributed by atoms with Gasteiger partial charge >= 0.3 is 5.97 Å². The number of nitrogens with one attached hydrogen (secondary N) is 2. The van der Waals surface area contributed by atoms with E-state index in [0.29, 0.717) is 18.8 Å². The van der Waals surface area contributed by atoms with E-state index in [-0.39, 0.29) is 48.5 Å². The zero-order valence-corrected chi connectivity index (χ0v) is 16.9. The number of halogens is 1. The molecule has 0 bridgehead atoms. The topological polar surface area (TPSA) is 114 Å². The smallest absolute Gasteiger partial charge is 0.306 e. The van der Waals surface area contributed by atoms with Crippen LogP contribution in [0.3, 0.4) is 0 Å². The number of nitrogens with two attached hydrogens (primary N) is 1. The minimum atomic E-state index is -0.381. The maximum Gasteiger partial charge on any atom is 0.306 e. The van der Waals surface area contributed by atoms with Crippen LogP contribution in [-0.4, -0.2) is 37.5 Å². The molecule has 0 spiro atoms. The first kappa shape index (κ1) is 21.7. The summed E-state index contributed by atoms with van der Waals surface area (Å²) < 4.78 is 10.4. The standard InChI is InChI=1S/C19H21N3O4S.ClH/c1-25-17(23)9-12-8-13(22-19(12)24)10-26-14-4-2-11(3-5-14)15-6-7-16(27-15)18(20)21;/h2-7,12-13H,8-10H2,1H3,(H3,20,21)(H,22,24);1H/t12-,13-;/m0./s1. The van der Waals surface area contributed by atoms with Crippen molar-refractivity contribution < 1.29 is 19.1 Å². The van der Waals surface area contributed by atoms with Gasteiger partial charge in [-0.05, 0) is 48.4 Å². The first-order valence-corrected chi connectivity index (χ1v) is 9.32. The van der Waals surface area contributed by atoms with Gasteiger partial charge in [-0.25, -0.2) is 0 Å². The SMILES string of the molecule is COC(=O)C[C@@H]1C[C@@H](COc2ccc(-c3ccc(C(=N)N)s3)cc2)NC1=O.Cl. The number of methoxy groups -OCH3 is 1. The summed E-state index contributed by atoms with van der Waals surface area (Å²) in [5.41, 5.74) is 6.52. The summed E-state index contributed by atoms with van der Waals surface area (Å²) in [5.74, 6) is -0.108. The van der Waals surface area contributed by atoms with Gasteiger partial charge in [0, 0.05) is 4.88 Å². The largest absolute Gasteiger partial charge is 0.491 e. The first-order chi connectivity index (χ1) is 13.0. The summed E-state index contributed by atoms with van der Waals surface area (Å²) in [6.45, 7) is 0.343. The fraction of sp³-hybridized carbons (Fsp3) is 0.316. The summed E-state index contributed by atoms with van der Waals surface area (Å²) >= 11 is 1.47. The average Bonchev–Trinajstić information content (AvgIpc) is 3.28.